The lowest BCUT2D eigenvalue weighted by molar-refractivity contribution is 0.0617. The lowest BCUT2D eigenvalue weighted by atomic mass is 10.2. The van der Waals surface area contributed by atoms with Gasteiger partial charge in [0.2, 0.25) is 0 Å². The molecule has 1 rings (SSSR count). The molecule has 0 spiro atoms. The minimum Gasteiger partial charge on any atom is -0.377 e. The smallest absolute Gasteiger partial charge is 0.0594 e. The Labute approximate surface area is 111 Å². The van der Waals surface area contributed by atoms with Crippen LogP contribution in [0.3, 0.4) is 0 Å². The molecule has 1 aromatic rings. The largest absolute Gasteiger partial charge is 0.377 e. The van der Waals surface area contributed by atoms with Crippen LogP contribution in [-0.4, -0.2) is 19.3 Å². The summed E-state index contributed by atoms with van der Waals surface area (Å²) in [6, 6.07) is 2.15. The first-order valence-electron chi connectivity index (χ1n) is 5.77. The molecule has 0 radical (unpaired) electrons. The first-order chi connectivity index (χ1) is 7.72. The third-order valence-corrected chi connectivity index (χ3v) is 4.00. The van der Waals surface area contributed by atoms with Crippen molar-refractivity contribution in [3.05, 3.63) is 20.8 Å². The topological polar surface area (TPSA) is 21.3 Å². The molecule has 0 aliphatic carbocycles. The molecular weight excluding hydrogens is 286 g/mol. The zero-order chi connectivity index (χ0) is 11.8. The molecule has 1 heterocycles. The maximum atomic E-state index is 5.66. The van der Waals surface area contributed by atoms with Gasteiger partial charge in [-0.05, 0) is 35.3 Å². The molecule has 4 heteroatoms. The molecule has 0 bridgehead atoms. The summed E-state index contributed by atoms with van der Waals surface area (Å²) in [5, 5.41) is 5.49. The minimum absolute atomic E-state index is 0.391. The fourth-order valence-corrected chi connectivity index (χ4v) is 2.90. The highest BCUT2D eigenvalue weighted by molar-refractivity contribution is 9.10. The second-order valence-electron chi connectivity index (χ2n) is 3.88. The maximum absolute atomic E-state index is 5.66. The van der Waals surface area contributed by atoms with E-state index < -0.39 is 0 Å². The van der Waals surface area contributed by atoms with Gasteiger partial charge in [-0.2, -0.15) is 0 Å². The average Bonchev–Trinajstić information content (AvgIpc) is 2.64. The first-order valence-corrected chi connectivity index (χ1v) is 7.45. The van der Waals surface area contributed by atoms with Crippen molar-refractivity contribution in [1.82, 2.24) is 5.32 Å². The number of halogens is 1. The Kier molecular flexibility index (Phi) is 7.28. The van der Waals surface area contributed by atoms with Gasteiger partial charge >= 0.3 is 0 Å². The van der Waals surface area contributed by atoms with Crippen LogP contribution in [0.1, 0.15) is 31.6 Å². The van der Waals surface area contributed by atoms with Crippen molar-refractivity contribution in [1.29, 1.82) is 0 Å². The molecule has 1 atom stereocenters. The lowest BCUT2D eigenvalue weighted by Gasteiger charge is -2.11. The van der Waals surface area contributed by atoms with E-state index in [1.54, 1.807) is 11.3 Å². The molecule has 0 aromatic carbocycles. The Morgan fingerprint density at radius 3 is 3.00 bits per heavy atom. The van der Waals surface area contributed by atoms with E-state index in [1.165, 1.54) is 15.8 Å². The molecule has 2 nitrogen and oxygen atoms in total. The quantitative estimate of drug-likeness (QED) is 0.738. The van der Waals surface area contributed by atoms with Crippen molar-refractivity contribution in [2.24, 2.45) is 0 Å². The van der Waals surface area contributed by atoms with Crippen molar-refractivity contribution in [3.63, 3.8) is 0 Å². The third kappa shape index (κ3) is 5.99. The van der Waals surface area contributed by atoms with Gasteiger partial charge in [0, 0.05) is 27.8 Å². The molecule has 0 aliphatic heterocycles. The summed E-state index contributed by atoms with van der Waals surface area (Å²) in [5.41, 5.74) is 0. The Hall–Kier alpha value is 0.1000. The Balaban J connectivity index is 2.00. The van der Waals surface area contributed by atoms with Crippen LogP contribution in [0.15, 0.2) is 15.9 Å². The van der Waals surface area contributed by atoms with Gasteiger partial charge in [0.05, 0.1) is 12.7 Å². The number of ether oxygens (including phenoxy) is 1. The third-order valence-electron chi connectivity index (χ3n) is 2.30. The molecule has 0 saturated carbocycles. The van der Waals surface area contributed by atoms with Gasteiger partial charge in [-0.25, -0.2) is 0 Å². The van der Waals surface area contributed by atoms with Crippen LogP contribution in [0, 0.1) is 0 Å². The highest BCUT2D eigenvalue weighted by Gasteiger charge is 2.00. The van der Waals surface area contributed by atoms with Gasteiger partial charge in [-0.15, -0.1) is 11.3 Å². The minimum atomic E-state index is 0.391. The summed E-state index contributed by atoms with van der Waals surface area (Å²) in [7, 11) is 0. The summed E-state index contributed by atoms with van der Waals surface area (Å²) in [6.07, 6.45) is 2.73. The second kappa shape index (κ2) is 8.23. The molecule has 92 valence electrons. The predicted molar refractivity (Wildman–Crippen MR) is 74.0 cm³/mol. The van der Waals surface area contributed by atoms with Crippen LogP contribution in [0.25, 0.3) is 0 Å². The van der Waals surface area contributed by atoms with Crippen LogP contribution < -0.4 is 5.32 Å². The van der Waals surface area contributed by atoms with Crippen LogP contribution in [0.4, 0.5) is 0 Å². The molecule has 0 aliphatic rings. The van der Waals surface area contributed by atoms with Gasteiger partial charge < -0.3 is 10.1 Å². The summed E-state index contributed by atoms with van der Waals surface area (Å²) in [5.74, 6) is 0. The van der Waals surface area contributed by atoms with Crippen LogP contribution in [0.2, 0.25) is 0 Å². The second-order valence-corrected chi connectivity index (χ2v) is 5.79. The van der Waals surface area contributed by atoms with Crippen molar-refractivity contribution in [2.45, 2.75) is 39.3 Å². The fraction of sp³-hybridized carbons (Fsp3) is 0.667. The van der Waals surface area contributed by atoms with E-state index in [9.17, 15) is 0 Å². The number of rotatable bonds is 8. The Morgan fingerprint density at radius 2 is 2.38 bits per heavy atom. The van der Waals surface area contributed by atoms with Crippen molar-refractivity contribution in [3.8, 4) is 0 Å². The van der Waals surface area contributed by atoms with Crippen LogP contribution in [0.5, 0.6) is 0 Å². The van der Waals surface area contributed by atoms with Crippen LogP contribution in [-0.2, 0) is 11.3 Å². The molecule has 0 saturated heterocycles. The van der Waals surface area contributed by atoms with E-state index in [0.29, 0.717) is 6.10 Å². The zero-order valence-electron chi connectivity index (χ0n) is 9.96. The van der Waals surface area contributed by atoms with Crippen molar-refractivity contribution in [2.75, 3.05) is 13.2 Å². The molecule has 0 fully saturated rings. The lowest BCUT2D eigenvalue weighted by Crippen LogP contribution is -2.21. The maximum Gasteiger partial charge on any atom is 0.0594 e. The molecule has 0 amide bonds. The van der Waals surface area contributed by atoms with Gasteiger partial charge in [0.25, 0.3) is 0 Å². The number of thiophene rings is 1. The van der Waals surface area contributed by atoms with Gasteiger partial charge in [-0.1, -0.05) is 13.3 Å². The molecule has 16 heavy (non-hydrogen) atoms. The van der Waals surface area contributed by atoms with Gasteiger partial charge in [-0.3, -0.25) is 0 Å². The fourth-order valence-electron chi connectivity index (χ4n) is 1.48. The number of nitrogens with one attached hydrogen (secondary N) is 1. The predicted octanol–water partition coefficient (Wildman–Crippen LogP) is 3.81. The molecular formula is C12H20BrNOS. The summed E-state index contributed by atoms with van der Waals surface area (Å²) >= 11 is 5.22. The van der Waals surface area contributed by atoms with E-state index in [-0.39, 0.29) is 0 Å². The molecule has 1 unspecified atom stereocenters. The van der Waals surface area contributed by atoms with Gasteiger partial charge in [0.1, 0.15) is 0 Å². The van der Waals surface area contributed by atoms with E-state index in [0.717, 1.165) is 26.1 Å². The van der Waals surface area contributed by atoms with Crippen molar-refractivity contribution < 1.29 is 4.74 Å². The zero-order valence-corrected chi connectivity index (χ0v) is 12.4. The van der Waals surface area contributed by atoms with Gasteiger partial charge in [0.15, 0.2) is 0 Å². The summed E-state index contributed by atoms with van der Waals surface area (Å²) in [4.78, 5) is 1.36. The SMILES string of the molecule is CCCC(C)OCCNCc1cc(Br)cs1. The number of hydrogen-bond acceptors (Lipinski definition) is 3. The Bertz CT molecular complexity index is 290. The number of hydrogen-bond donors (Lipinski definition) is 1. The van der Waals surface area contributed by atoms with Crippen molar-refractivity contribution >= 4 is 27.3 Å². The highest BCUT2D eigenvalue weighted by Crippen LogP contribution is 2.19. The standard InChI is InChI=1S/C12H20BrNOS/c1-3-4-10(2)15-6-5-14-8-12-7-11(13)9-16-12/h7,9-10,14H,3-6,8H2,1-2H3. The molecule has 1 N–H and O–H groups in total. The summed E-state index contributed by atoms with van der Waals surface area (Å²) in [6.45, 7) is 6.98. The Morgan fingerprint density at radius 1 is 1.56 bits per heavy atom. The van der Waals surface area contributed by atoms with E-state index in [1.807, 2.05) is 0 Å². The monoisotopic (exact) mass is 305 g/mol. The molecule has 1 aromatic heterocycles. The first kappa shape index (κ1) is 14.2. The average molecular weight is 306 g/mol. The van der Waals surface area contributed by atoms with E-state index in [4.69, 9.17) is 4.74 Å². The summed E-state index contributed by atoms with van der Waals surface area (Å²) < 4.78 is 6.83. The normalized spacial score (nSPS) is 12.9. The van der Waals surface area contributed by atoms with Crippen LogP contribution >= 0.6 is 27.3 Å². The van der Waals surface area contributed by atoms with E-state index >= 15 is 0 Å². The van der Waals surface area contributed by atoms with E-state index in [2.05, 4.69) is 46.5 Å². The highest BCUT2D eigenvalue weighted by atomic mass is 79.9.